The summed E-state index contributed by atoms with van der Waals surface area (Å²) in [5.41, 5.74) is 1.93. The van der Waals surface area contributed by atoms with E-state index in [0.29, 0.717) is 34.9 Å². The Kier molecular flexibility index (Phi) is 8.98. The molecular formula is C27H37N3O5. The molecular weight excluding hydrogens is 446 g/mol. The molecule has 1 aliphatic heterocycles. The van der Waals surface area contributed by atoms with Crippen LogP contribution in [0.3, 0.4) is 0 Å². The third kappa shape index (κ3) is 5.53. The molecule has 1 N–H and O–H groups in total. The molecule has 2 amide bonds. The second-order valence-electron chi connectivity index (χ2n) is 8.58. The van der Waals surface area contributed by atoms with Crippen LogP contribution in [0.25, 0.3) is 0 Å². The molecule has 0 saturated carbocycles. The zero-order valence-corrected chi connectivity index (χ0v) is 21.6. The summed E-state index contributed by atoms with van der Waals surface area (Å²) < 4.78 is 16.2. The Bertz CT molecular complexity index is 1020. The number of rotatable bonds is 11. The molecule has 0 unspecified atom stereocenters. The number of likely N-dealkylation sites (N-methyl/N-ethyl adjacent to an activating group) is 1. The largest absolute Gasteiger partial charge is 0.497 e. The standard InChI is InChI=1S/C27H37N3O5/c1-7-30(8-2)15-9-14-28-26(31)24-20-16-22(34-5)23(35-6)17-21(20)27(32)29(3)25(24)18-10-12-19(33-4)13-11-18/h10-13,16-17,24-25H,7-9,14-15H2,1-6H3,(H,28,31)/t24-,25+/m1/s1. The minimum Gasteiger partial charge on any atom is -0.497 e. The van der Waals surface area contributed by atoms with Crippen molar-refractivity contribution < 1.29 is 23.8 Å². The molecule has 2 aromatic carbocycles. The van der Waals surface area contributed by atoms with E-state index in [1.54, 1.807) is 38.3 Å². The lowest BCUT2D eigenvalue weighted by Crippen LogP contribution is -2.46. The van der Waals surface area contributed by atoms with Crippen molar-refractivity contribution in [3.8, 4) is 17.2 Å². The highest BCUT2D eigenvalue weighted by molar-refractivity contribution is 6.02. The maximum Gasteiger partial charge on any atom is 0.254 e. The van der Waals surface area contributed by atoms with Crippen molar-refractivity contribution >= 4 is 11.8 Å². The molecule has 0 radical (unpaired) electrons. The molecule has 1 aliphatic rings. The van der Waals surface area contributed by atoms with Crippen molar-refractivity contribution in [2.75, 3.05) is 54.6 Å². The first-order chi connectivity index (χ1) is 16.9. The van der Waals surface area contributed by atoms with Gasteiger partial charge in [-0.3, -0.25) is 9.59 Å². The van der Waals surface area contributed by atoms with E-state index in [-0.39, 0.29) is 11.8 Å². The van der Waals surface area contributed by atoms with Gasteiger partial charge in [-0.1, -0.05) is 26.0 Å². The Morgan fingerprint density at radius 2 is 1.63 bits per heavy atom. The van der Waals surface area contributed by atoms with Gasteiger partial charge in [-0.15, -0.1) is 0 Å². The Morgan fingerprint density at radius 3 is 2.20 bits per heavy atom. The van der Waals surface area contributed by atoms with E-state index in [4.69, 9.17) is 14.2 Å². The highest BCUT2D eigenvalue weighted by Crippen LogP contribution is 2.45. The lowest BCUT2D eigenvalue weighted by Gasteiger charge is -2.40. The van der Waals surface area contributed by atoms with Crippen LogP contribution in [0.1, 0.15) is 53.7 Å². The topological polar surface area (TPSA) is 80.3 Å². The van der Waals surface area contributed by atoms with Crippen molar-refractivity contribution in [3.05, 3.63) is 53.1 Å². The van der Waals surface area contributed by atoms with Gasteiger partial charge in [0.1, 0.15) is 5.75 Å². The Labute approximate surface area is 208 Å². The molecule has 0 fully saturated rings. The zero-order chi connectivity index (χ0) is 25.5. The average molecular weight is 484 g/mol. The lowest BCUT2D eigenvalue weighted by molar-refractivity contribution is -0.124. The molecule has 3 rings (SSSR count). The van der Waals surface area contributed by atoms with Gasteiger partial charge >= 0.3 is 0 Å². The molecule has 0 saturated heterocycles. The number of methoxy groups -OCH3 is 3. The molecule has 0 aromatic heterocycles. The predicted octanol–water partition coefficient (Wildman–Crippen LogP) is 3.47. The van der Waals surface area contributed by atoms with Crippen LogP contribution in [0.5, 0.6) is 17.2 Å². The summed E-state index contributed by atoms with van der Waals surface area (Å²) in [6.45, 7) is 7.70. The molecule has 8 nitrogen and oxygen atoms in total. The van der Waals surface area contributed by atoms with E-state index in [0.717, 1.165) is 31.6 Å². The molecule has 0 aliphatic carbocycles. The van der Waals surface area contributed by atoms with Gasteiger partial charge in [0.2, 0.25) is 5.91 Å². The van der Waals surface area contributed by atoms with Gasteiger partial charge in [0.15, 0.2) is 11.5 Å². The fourth-order valence-corrected chi connectivity index (χ4v) is 4.71. The van der Waals surface area contributed by atoms with Crippen LogP contribution < -0.4 is 19.5 Å². The molecule has 0 spiro atoms. The van der Waals surface area contributed by atoms with Crippen molar-refractivity contribution in [3.63, 3.8) is 0 Å². The van der Waals surface area contributed by atoms with Gasteiger partial charge in [-0.25, -0.2) is 0 Å². The minimum atomic E-state index is -0.616. The second-order valence-corrected chi connectivity index (χ2v) is 8.58. The second kappa shape index (κ2) is 11.9. The van der Waals surface area contributed by atoms with E-state index in [1.165, 1.54) is 7.11 Å². The van der Waals surface area contributed by atoms with Crippen LogP contribution in [0.2, 0.25) is 0 Å². The van der Waals surface area contributed by atoms with Gasteiger partial charge in [0.05, 0.1) is 33.3 Å². The van der Waals surface area contributed by atoms with Gasteiger partial charge < -0.3 is 29.3 Å². The normalized spacial score (nSPS) is 17.2. The fraction of sp³-hybridized carbons (Fsp3) is 0.481. The van der Waals surface area contributed by atoms with E-state index >= 15 is 0 Å². The van der Waals surface area contributed by atoms with Gasteiger partial charge in [-0.2, -0.15) is 0 Å². The van der Waals surface area contributed by atoms with E-state index in [1.807, 2.05) is 24.3 Å². The summed E-state index contributed by atoms with van der Waals surface area (Å²) in [6.07, 6.45) is 0.848. The monoisotopic (exact) mass is 483 g/mol. The van der Waals surface area contributed by atoms with Crippen LogP contribution in [0.4, 0.5) is 0 Å². The van der Waals surface area contributed by atoms with Crippen molar-refractivity contribution in [2.45, 2.75) is 32.2 Å². The molecule has 1 heterocycles. The molecule has 35 heavy (non-hydrogen) atoms. The van der Waals surface area contributed by atoms with Gasteiger partial charge in [-0.05, 0) is 61.4 Å². The van der Waals surface area contributed by atoms with E-state index in [9.17, 15) is 9.59 Å². The SMILES string of the molecule is CCN(CC)CCCNC(=O)[C@@H]1c2cc(OC)c(OC)cc2C(=O)N(C)[C@H]1c1ccc(OC)cc1. The summed E-state index contributed by atoms with van der Waals surface area (Å²) in [4.78, 5) is 31.1. The van der Waals surface area contributed by atoms with Crippen LogP contribution in [0, 0.1) is 0 Å². The van der Waals surface area contributed by atoms with E-state index < -0.39 is 12.0 Å². The molecule has 2 atom stereocenters. The first kappa shape index (κ1) is 26.3. The predicted molar refractivity (Wildman–Crippen MR) is 136 cm³/mol. The number of nitrogens with one attached hydrogen (secondary N) is 1. The van der Waals surface area contributed by atoms with Gasteiger partial charge in [0, 0.05) is 19.2 Å². The number of benzene rings is 2. The number of nitrogens with zero attached hydrogens (tertiary/aromatic N) is 2. The number of hydrogen-bond acceptors (Lipinski definition) is 6. The quantitative estimate of drug-likeness (QED) is 0.493. The molecule has 8 heteroatoms. The number of carbonyl (C=O) groups is 2. The number of amides is 2. The minimum absolute atomic E-state index is 0.127. The third-order valence-corrected chi connectivity index (χ3v) is 6.76. The van der Waals surface area contributed by atoms with Crippen LogP contribution in [-0.2, 0) is 4.79 Å². The zero-order valence-electron chi connectivity index (χ0n) is 21.6. The first-order valence-electron chi connectivity index (χ1n) is 12.1. The number of hydrogen-bond donors (Lipinski definition) is 1. The van der Waals surface area contributed by atoms with Crippen molar-refractivity contribution in [2.24, 2.45) is 0 Å². The third-order valence-electron chi connectivity index (χ3n) is 6.76. The van der Waals surface area contributed by atoms with Crippen molar-refractivity contribution in [1.82, 2.24) is 15.1 Å². The van der Waals surface area contributed by atoms with Gasteiger partial charge in [0.25, 0.3) is 5.91 Å². The smallest absolute Gasteiger partial charge is 0.254 e. The highest BCUT2D eigenvalue weighted by Gasteiger charge is 2.43. The molecule has 0 bridgehead atoms. The Balaban J connectivity index is 2.00. The molecule has 190 valence electrons. The maximum atomic E-state index is 13.7. The number of fused-ring (bicyclic) bond motifs is 1. The highest BCUT2D eigenvalue weighted by atomic mass is 16.5. The number of carbonyl (C=O) groups excluding carboxylic acids is 2. The summed E-state index contributed by atoms with van der Waals surface area (Å²) >= 11 is 0. The van der Waals surface area contributed by atoms with Crippen LogP contribution >= 0.6 is 0 Å². The maximum absolute atomic E-state index is 13.7. The van der Waals surface area contributed by atoms with E-state index in [2.05, 4.69) is 24.1 Å². The number of ether oxygens (including phenoxy) is 3. The Hall–Kier alpha value is -3.26. The van der Waals surface area contributed by atoms with Crippen LogP contribution in [-0.4, -0.2) is 76.2 Å². The fourth-order valence-electron chi connectivity index (χ4n) is 4.71. The van der Waals surface area contributed by atoms with Crippen LogP contribution in [0.15, 0.2) is 36.4 Å². The lowest BCUT2D eigenvalue weighted by atomic mass is 9.79. The summed E-state index contributed by atoms with van der Waals surface area (Å²) in [6, 6.07) is 10.4. The molecule has 2 aromatic rings. The van der Waals surface area contributed by atoms with Crippen molar-refractivity contribution in [1.29, 1.82) is 0 Å². The summed E-state index contributed by atoms with van der Waals surface area (Å²) in [5, 5.41) is 3.12. The summed E-state index contributed by atoms with van der Waals surface area (Å²) in [5.74, 6) is 0.730. The Morgan fingerprint density at radius 1 is 1.00 bits per heavy atom. The summed E-state index contributed by atoms with van der Waals surface area (Å²) in [7, 11) is 6.42. The average Bonchev–Trinajstić information content (AvgIpc) is 2.89. The first-order valence-corrected chi connectivity index (χ1v) is 12.1.